The van der Waals surface area contributed by atoms with Crippen molar-refractivity contribution in [2.24, 2.45) is 0 Å². The Bertz CT molecular complexity index is 33.5. The zero-order valence-corrected chi connectivity index (χ0v) is 6.17. The molecule has 49 valence electrons. The molecule has 0 fully saturated rings. The standard InChI is InChI=1S/C6H13OS/c1-8-6-4-2-3-5-7/h2-6H2,1H3. The minimum Gasteiger partial charge on any atom is -0.237 e. The van der Waals surface area contributed by atoms with E-state index in [1.165, 1.54) is 12.2 Å². The lowest BCUT2D eigenvalue weighted by Gasteiger charge is -1.92. The summed E-state index contributed by atoms with van der Waals surface area (Å²) < 4.78 is 0. The van der Waals surface area contributed by atoms with Gasteiger partial charge in [-0.15, -0.1) is 0 Å². The molecule has 0 saturated carbocycles. The molecule has 0 aliphatic heterocycles. The molecule has 0 saturated heterocycles. The summed E-state index contributed by atoms with van der Waals surface area (Å²) in [5.41, 5.74) is 0. The number of rotatable bonds is 5. The zero-order chi connectivity index (χ0) is 6.24. The van der Waals surface area contributed by atoms with E-state index in [1.807, 2.05) is 11.8 Å². The number of hydrogen-bond donors (Lipinski definition) is 0. The molecule has 2 heteroatoms. The van der Waals surface area contributed by atoms with Crippen molar-refractivity contribution >= 4 is 11.8 Å². The molecule has 0 aliphatic carbocycles. The second-order valence-corrected chi connectivity index (χ2v) is 2.74. The van der Waals surface area contributed by atoms with Gasteiger partial charge in [-0.1, -0.05) is 6.42 Å². The molecule has 0 aromatic rings. The summed E-state index contributed by atoms with van der Waals surface area (Å²) in [7, 11) is 0. The predicted molar refractivity (Wildman–Crippen MR) is 37.8 cm³/mol. The number of hydrogen-bond acceptors (Lipinski definition) is 1. The van der Waals surface area contributed by atoms with E-state index in [0.717, 1.165) is 12.8 Å². The van der Waals surface area contributed by atoms with Crippen LogP contribution in [-0.4, -0.2) is 18.6 Å². The molecule has 0 spiro atoms. The van der Waals surface area contributed by atoms with E-state index in [-0.39, 0.29) is 6.61 Å². The zero-order valence-electron chi connectivity index (χ0n) is 5.35. The van der Waals surface area contributed by atoms with E-state index in [0.29, 0.717) is 0 Å². The highest BCUT2D eigenvalue weighted by atomic mass is 32.2. The molecule has 0 aromatic carbocycles. The van der Waals surface area contributed by atoms with Crippen molar-refractivity contribution in [2.45, 2.75) is 19.3 Å². The smallest absolute Gasteiger partial charge is 0.0822 e. The van der Waals surface area contributed by atoms with E-state index >= 15 is 0 Å². The molecule has 0 atom stereocenters. The van der Waals surface area contributed by atoms with Crippen molar-refractivity contribution in [3.05, 3.63) is 0 Å². The summed E-state index contributed by atoms with van der Waals surface area (Å²) in [5.74, 6) is 1.21. The molecule has 0 heterocycles. The molecule has 0 bridgehead atoms. The van der Waals surface area contributed by atoms with Crippen molar-refractivity contribution in [1.82, 2.24) is 0 Å². The quantitative estimate of drug-likeness (QED) is 0.525. The minimum atomic E-state index is 0.106. The van der Waals surface area contributed by atoms with E-state index in [9.17, 15) is 5.11 Å². The van der Waals surface area contributed by atoms with Crippen LogP contribution in [-0.2, 0) is 5.11 Å². The molecular formula is C6H13OS. The predicted octanol–water partition coefficient (Wildman–Crippen LogP) is 1.95. The van der Waals surface area contributed by atoms with Crippen molar-refractivity contribution in [3.63, 3.8) is 0 Å². The van der Waals surface area contributed by atoms with Crippen molar-refractivity contribution < 1.29 is 5.11 Å². The van der Waals surface area contributed by atoms with Gasteiger partial charge in [0.1, 0.15) is 0 Å². The van der Waals surface area contributed by atoms with Crippen LogP contribution >= 0.6 is 11.8 Å². The fourth-order valence-corrected chi connectivity index (χ4v) is 1.02. The minimum absolute atomic E-state index is 0.106. The number of unbranched alkanes of at least 4 members (excludes halogenated alkanes) is 2. The summed E-state index contributed by atoms with van der Waals surface area (Å²) in [4.78, 5) is 0. The second kappa shape index (κ2) is 7.31. The van der Waals surface area contributed by atoms with Gasteiger partial charge in [0.25, 0.3) is 0 Å². The van der Waals surface area contributed by atoms with E-state index in [4.69, 9.17) is 0 Å². The van der Waals surface area contributed by atoms with Gasteiger partial charge in [-0.3, -0.25) is 0 Å². The maximum atomic E-state index is 9.89. The third-order valence-corrected chi connectivity index (χ3v) is 1.69. The Balaban J connectivity index is 2.53. The van der Waals surface area contributed by atoms with Crippen LogP contribution in [0.2, 0.25) is 0 Å². The molecule has 0 rings (SSSR count). The largest absolute Gasteiger partial charge is 0.237 e. The fourth-order valence-electron chi connectivity index (χ4n) is 0.525. The van der Waals surface area contributed by atoms with Gasteiger partial charge < -0.3 is 0 Å². The average Bonchev–Trinajstić information content (AvgIpc) is 1.81. The third-order valence-electron chi connectivity index (χ3n) is 0.993. The van der Waals surface area contributed by atoms with E-state index < -0.39 is 0 Å². The highest BCUT2D eigenvalue weighted by Crippen LogP contribution is 2.00. The van der Waals surface area contributed by atoms with Crippen molar-refractivity contribution in [3.8, 4) is 0 Å². The van der Waals surface area contributed by atoms with Crippen LogP contribution in [0.4, 0.5) is 0 Å². The van der Waals surface area contributed by atoms with Gasteiger partial charge in [-0.05, 0) is 24.9 Å². The summed E-state index contributed by atoms with van der Waals surface area (Å²) in [6.07, 6.45) is 5.28. The Labute approximate surface area is 55.5 Å². The average molecular weight is 133 g/mol. The Morgan fingerprint density at radius 1 is 1.25 bits per heavy atom. The molecular weight excluding hydrogens is 120 g/mol. The second-order valence-electron chi connectivity index (χ2n) is 1.76. The molecule has 0 aliphatic rings. The van der Waals surface area contributed by atoms with Crippen LogP contribution in [0.1, 0.15) is 19.3 Å². The Morgan fingerprint density at radius 3 is 2.50 bits per heavy atom. The van der Waals surface area contributed by atoms with Gasteiger partial charge in [0, 0.05) is 0 Å². The molecule has 0 aromatic heterocycles. The Morgan fingerprint density at radius 2 is 2.00 bits per heavy atom. The van der Waals surface area contributed by atoms with Crippen LogP contribution < -0.4 is 0 Å². The lowest BCUT2D eigenvalue weighted by molar-refractivity contribution is 0.186. The first-order valence-corrected chi connectivity index (χ1v) is 4.38. The van der Waals surface area contributed by atoms with Crippen molar-refractivity contribution in [2.75, 3.05) is 18.6 Å². The molecule has 0 amide bonds. The topological polar surface area (TPSA) is 19.9 Å². The van der Waals surface area contributed by atoms with Crippen LogP contribution in [0, 0.1) is 0 Å². The SMILES string of the molecule is CSCCCCC[O]. The van der Waals surface area contributed by atoms with Gasteiger partial charge in [0.2, 0.25) is 0 Å². The number of thioether (sulfide) groups is 1. The summed E-state index contributed by atoms with van der Waals surface area (Å²) in [6.45, 7) is 0.106. The third kappa shape index (κ3) is 6.31. The summed E-state index contributed by atoms with van der Waals surface area (Å²) in [5, 5.41) is 9.89. The van der Waals surface area contributed by atoms with E-state index in [1.54, 1.807) is 0 Å². The summed E-state index contributed by atoms with van der Waals surface area (Å²) in [6, 6.07) is 0. The van der Waals surface area contributed by atoms with Crippen LogP contribution in [0.25, 0.3) is 0 Å². The van der Waals surface area contributed by atoms with E-state index in [2.05, 4.69) is 6.26 Å². The molecule has 1 radical (unpaired) electrons. The Kier molecular flexibility index (Phi) is 7.59. The summed E-state index contributed by atoms with van der Waals surface area (Å²) >= 11 is 1.85. The Hall–Kier alpha value is 0.310. The van der Waals surface area contributed by atoms with Gasteiger partial charge in [0.05, 0.1) is 6.61 Å². The molecule has 1 nitrogen and oxygen atoms in total. The first-order chi connectivity index (χ1) is 3.91. The van der Waals surface area contributed by atoms with Gasteiger partial charge in [0.15, 0.2) is 0 Å². The van der Waals surface area contributed by atoms with Gasteiger partial charge in [-0.2, -0.15) is 11.8 Å². The fraction of sp³-hybridized carbons (Fsp3) is 1.00. The molecule has 8 heavy (non-hydrogen) atoms. The monoisotopic (exact) mass is 133 g/mol. The first kappa shape index (κ1) is 8.31. The van der Waals surface area contributed by atoms with Crippen LogP contribution in [0.5, 0.6) is 0 Å². The first-order valence-electron chi connectivity index (χ1n) is 2.99. The maximum Gasteiger partial charge on any atom is 0.0822 e. The maximum absolute atomic E-state index is 9.89. The lowest BCUT2D eigenvalue weighted by Crippen LogP contribution is -1.82. The molecule has 0 unspecified atom stereocenters. The lowest BCUT2D eigenvalue weighted by atomic mass is 10.3. The van der Waals surface area contributed by atoms with Crippen LogP contribution in [0.3, 0.4) is 0 Å². The highest BCUT2D eigenvalue weighted by molar-refractivity contribution is 7.98. The highest BCUT2D eigenvalue weighted by Gasteiger charge is 1.85. The van der Waals surface area contributed by atoms with Crippen molar-refractivity contribution in [1.29, 1.82) is 0 Å². The van der Waals surface area contributed by atoms with Crippen LogP contribution in [0.15, 0.2) is 0 Å². The van der Waals surface area contributed by atoms with Gasteiger partial charge >= 0.3 is 0 Å². The molecule has 0 N–H and O–H groups in total. The normalized spacial score (nSPS) is 9.75. The van der Waals surface area contributed by atoms with Gasteiger partial charge in [-0.25, -0.2) is 5.11 Å².